The number of nitrogens with zero attached hydrogens (tertiary/aromatic N) is 2. The van der Waals surface area contributed by atoms with Gasteiger partial charge >= 0.3 is 0 Å². The number of hydrogen-bond acceptors (Lipinski definition) is 3. The zero-order chi connectivity index (χ0) is 24.2. The maximum atomic E-state index is 14.9. The van der Waals surface area contributed by atoms with Crippen LogP contribution in [0.5, 0.6) is 0 Å². The molecule has 0 spiro atoms. The minimum atomic E-state index is -0.309. The van der Waals surface area contributed by atoms with Crippen LogP contribution in [0.25, 0.3) is 32.8 Å². The highest BCUT2D eigenvalue weighted by atomic mass is 19.1. The molecule has 1 unspecified atom stereocenters. The summed E-state index contributed by atoms with van der Waals surface area (Å²) in [6, 6.07) is 14.9. The van der Waals surface area contributed by atoms with Crippen LogP contribution in [-0.4, -0.2) is 26.0 Å². The van der Waals surface area contributed by atoms with Gasteiger partial charge in [0.1, 0.15) is 17.2 Å². The van der Waals surface area contributed by atoms with E-state index in [0.29, 0.717) is 29.1 Å². The highest BCUT2D eigenvalue weighted by Gasteiger charge is 2.47. The van der Waals surface area contributed by atoms with E-state index in [2.05, 4.69) is 56.4 Å². The molecule has 3 aliphatic carbocycles. The fraction of sp³-hybridized carbons (Fsp3) is 0.355. The Hall–Kier alpha value is -3.69. The van der Waals surface area contributed by atoms with Crippen LogP contribution < -0.4 is 5.32 Å². The van der Waals surface area contributed by atoms with Crippen molar-refractivity contribution in [1.29, 1.82) is 0 Å². The quantitative estimate of drug-likeness (QED) is 0.265. The van der Waals surface area contributed by atoms with Crippen LogP contribution in [0.3, 0.4) is 0 Å². The lowest BCUT2D eigenvalue weighted by molar-refractivity contribution is 0.544. The van der Waals surface area contributed by atoms with E-state index in [9.17, 15) is 4.39 Å². The Morgan fingerprint density at radius 1 is 0.730 bits per heavy atom. The average molecular weight is 488 g/mol. The molecule has 4 fully saturated rings. The van der Waals surface area contributed by atoms with E-state index < -0.39 is 0 Å². The number of benzene rings is 3. The number of nitrogens with one attached hydrogen (secondary N) is 3. The van der Waals surface area contributed by atoms with Crippen molar-refractivity contribution < 1.29 is 4.39 Å². The molecule has 0 radical (unpaired) electrons. The summed E-state index contributed by atoms with van der Waals surface area (Å²) in [4.78, 5) is 16.5. The Bertz CT molecular complexity index is 1800. The molecule has 9 rings (SSSR count). The number of halogens is 1. The third-order valence-corrected chi connectivity index (χ3v) is 9.23. The molecular formula is C31H26FN5. The predicted molar refractivity (Wildman–Crippen MR) is 142 cm³/mol. The number of H-pyrrole nitrogens is 2. The van der Waals surface area contributed by atoms with Gasteiger partial charge in [0.15, 0.2) is 5.82 Å². The van der Waals surface area contributed by atoms with E-state index in [-0.39, 0.29) is 5.82 Å². The van der Waals surface area contributed by atoms with Gasteiger partial charge in [-0.05, 0) is 85.6 Å². The molecule has 5 nitrogen and oxygen atoms in total. The van der Waals surface area contributed by atoms with Gasteiger partial charge in [0.2, 0.25) is 0 Å². The Balaban J connectivity index is 1.02. The van der Waals surface area contributed by atoms with E-state index in [1.165, 1.54) is 38.2 Å². The highest BCUT2D eigenvalue weighted by Crippen LogP contribution is 2.57. The first-order valence-corrected chi connectivity index (χ1v) is 13.5. The van der Waals surface area contributed by atoms with Crippen molar-refractivity contribution in [3.63, 3.8) is 0 Å². The van der Waals surface area contributed by atoms with Crippen molar-refractivity contribution in [1.82, 2.24) is 25.3 Å². The van der Waals surface area contributed by atoms with Gasteiger partial charge in [-0.2, -0.15) is 0 Å². The fourth-order valence-corrected chi connectivity index (χ4v) is 7.04. The number of imidazole rings is 2. The molecule has 5 aromatic rings. The first-order valence-electron chi connectivity index (χ1n) is 13.5. The number of rotatable bonds is 2. The molecule has 3 N–H and O–H groups in total. The normalized spacial score (nSPS) is 29.4. The van der Waals surface area contributed by atoms with Gasteiger partial charge < -0.3 is 15.3 Å². The first kappa shape index (κ1) is 20.4. The molecule has 3 aromatic carbocycles. The Kier molecular flexibility index (Phi) is 3.97. The SMILES string of the molecule is Fc1cc(C#Cc2ccc3c(ccc4[nH]c([C@@H]5C[C@H]6C[C@H]6N5)nc43)c2)cc2[nH]c(C3C[C@@H]4C[C@@H]4C3)nc12. The smallest absolute Gasteiger partial charge is 0.152 e. The van der Waals surface area contributed by atoms with Crippen molar-refractivity contribution in [3.8, 4) is 11.8 Å². The second kappa shape index (κ2) is 7.20. The maximum Gasteiger partial charge on any atom is 0.152 e. The van der Waals surface area contributed by atoms with Crippen molar-refractivity contribution in [2.75, 3.05) is 0 Å². The van der Waals surface area contributed by atoms with Crippen LogP contribution >= 0.6 is 0 Å². The number of piperidine rings is 1. The Morgan fingerprint density at radius 2 is 1.57 bits per heavy atom. The number of fused-ring (bicyclic) bond motifs is 6. The second-order valence-corrected chi connectivity index (χ2v) is 11.7. The van der Waals surface area contributed by atoms with Crippen LogP contribution in [0.4, 0.5) is 4.39 Å². The average Bonchev–Trinajstić information content (AvgIpc) is 3.50. The summed E-state index contributed by atoms with van der Waals surface area (Å²) in [7, 11) is 0. The Labute approximate surface area is 213 Å². The fourth-order valence-electron chi connectivity index (χ4n) is 7.04. The minimum absolute atomic E-state index is 0.309. The van der Waals surface area contributed by atoms with E-state index in [0.717, 1.165) is 62.3 Å². The largest absolute Gasteiger partial charge is 0.342 e. The lowest BCUT2D eigenvalue weighted by atomic mass is 10.0. The van der Waals surface area contributed by atoms with Crippen molar-refractivity contribution in [2.45, 2.75) is 50.1 Å². The molecule has 2 aromatic heterocycles. The number of aromatic amines is 2. The van der Waals surface area contributed by atoms with Crippen LogP contribution in [-0.2, 0) is 0 Å². The molecule has 1 saturated heterocycles. The third kappa shape index (κ3) is 3.27. The van der Waals surface area contributed by atoms with Crippen molar-refractivity contribution in [2.24, 2.45) is 17.8 Å². The number of aromatic nitrogens is 4. The molecule has 182 valence electrons. The molecule has 3 saturated carbocycles. The van der Waals surface area contributed by atoms with Gasteiger partial charge in [-0.1, -0.05) is 24.0 Å². The molecule has 0 bridgehead atoms. The van der Waals surface area contributed by atoms with Crippen molar-refractivity contribution in [3.05, 3.63) is 71.1 Å². The lowest BCUT2D eigenvalue weighted by Crippen LogP contribution is -2.18. The second-order valence-electron chi connectivity index (χ2n) is 11.7. The van der Waals surface area contributed by atoms with Gasteiger partial charge in [0.25, 0.3) is 0 Å². The summed E-state index contributed by atoms with van der Waals surface area (Å²) in [5.74, 6) is 11.1. The third-order valence-electron chi connectivity index (χ3n) is 9.23. The summed E-state index contributed by atoms with van der Waals surface area (Å²) >= 11 is 0. The van der Waals surface area contributed by atoms with Gasteiger partial charge in [-0.3, -0.25) is 0 Å². The molecule has 3 heterocycles. The van der Waals surface area contributed by atoms with Crippen LogP contribution in [0.15, 0.2) is 42.5 Å². The molecule has 4 aliphatic rings. The molecule has 1 aliphatic heterocycles. The van der Waals surface area contributed by atoms with Gasteiger partial charge in [0, 0.05) is 28.5 Å². The molecule has 6 heteroatoms. The summed E-state index contributed by atoms with van der Waals surface area (Å²) in [5.41, 5.74) is 4.81. The molecular weight excluding hydrogens is 461 g/mol. The standard InChI is InChI=1S/C31H26FN5/c32-23-8-16(9-26-29(23)37-30(35-26)21-11-18-10-19(18)12-21)2-1-15-3-5-22-17(7-15)4-6-24-28(22)36-31(34-24)27-14-20-13-25(20)33-27/h3-9,18-21,25,27,33H,10-14H2,(H,34,36)(H,35,37)/t18-,19+,20-,21?,25-,27+/m1/s1. The Morgan fingerprint density at radius 3 is 2.43 bits per heavy atom. The van der Waals surface area contributed by atoms with Gasteiger partial charge in [0.05, 0.1) is 22.6 Å². The molecule has 37 heavy (non-hydrogen) atoms. The van der Waals surface area contributed by atoms with Gasteiger partial charge in [-0.25, -0.2) is 14.4 Å². The molecule has 6 atom stereocenters. The minimum Gasteiger partial charge on any atom is -0.342 e. The summed E-state index contributed by atoms with van der Waals surface area (Å²) < 4.78 is 14.9. The van der Waals surface area contributed by atoms with Crippen molar-refractivity contribution >= 4 is 32.8 Å². The lowest BCUT2D eigenvalue weighted by Gasteiger charge is -2.08. The van der Waals surface area contributed by atoms with E-state index in [1.807, 2.05) is 12.1 Å². The molecule has 0 amide bonds. The number of hydrogen-bond donors (Lipinski definition) is 3. The zero-order valence-corrected chi connectivity index (χ0v) is 20.3. The summed E-state index contributed by atoms with van der Waals surface area (Å²) in [5, 5.41) is 5.91. The van der Waals surface area contributed by atoms with E-state index in [1.54, 1.807) is 0 Å². The monoisotopic (exact) mass is 487 g/mol. The van der Waals surface area contributed by atoms with Crippen LogP contribution in [0.1, 0.15) is 66.8 Å². The first-order chi connectivity index (χ1) is 18.1. The van der Waals surface area contributed by atoms with E-state index in [4.69, 9.17) is 4.98 Å². The van der Waals surface area contributed by atoms with Crippen LogP contribution in [0, 0.1) is 35.4 Å². The van der Waals surface area contributed by atoms with Crippen LogP contribution in [0.2, 0.25) is 0 Å². The van der Waals surface area contributed by atoms with E-state index >= 15 is 0 Å². The van der Waals surface area contributed by atoms with Gasteiger partial charge in [-0.15, -0.1) is 0 Å². The summed E-state index contributed by atoms with van der Waals surface area (Å²) in [6.07, 6.45) is 6.23. The predicted octanol–water partition coefficient (Wildman–Crippen LogP) is 6.07. The topological polar surface area (TPSA) is 69.4 Å². The summed E-state index contributed by atoms with van der Waals surface area (Å²) in [6.45, 7) is 0. The highest BCUT2D eigenvalue weighted by molar-refractivity contribution is 6.04. The zero-order valence-electron chi connectivity index (χ0n) is 20.3. The maximum absolute atomic E-state index is 14.9.